The molecule has 0 spiro atoms. The smallest absolute Gasteiger partial charge is 0.303 e. The molecule has 1 saturated heterocycles. The minimum Gasteiger partial charge on any atom is -0.493 e. The monoisotopic (exact) mass is 587 g/mol. The van der Waals surface area contributed by atoms with Crippen molar-refractivity contribution in [3.63, 3.8) is 0 Å². The molecule has 0 amide bonds. The number of methoxy groups -OCH3 is 2. The van der Waals surface area contributed by atoms with Gasteiger partial charge < -0.3 is 29.1 Å². The highest BCUT2D eigenvalue weighted by atomic mass is 19.1. The number of ketones is 1. The number of nitrogens with one attached hydrogen (secondary N) is 1. The summed E-state index contributed by atoms with van der Waals surface area (Å²) >= 11 is 0. The fourth-order valence-corrected chi connectivity index (χ4v) is 5.43. The van der Waals surface area contributed by atoms with Gasteiger partial charge in [0.15, 0.2) is 23.1 Å². The molecule has 0 saturated carbocycles. The molecule has 2 aromatic carbocycles. The molecule has 0 aromatic heterocycles. The van der Waals surface area contributed by atoms with E-state index in [-0.39, 0.29) is 61.3 Å². The summed E-state index contributed by atoms with van der Waals surface area (Å²) in [7, 11) is 2.73. The number of benzene rings is 2. The lowest BCUT2D eigenvalue weighted by Gasteiger charge is -2.30. The van der Waals surface area contributed by atoms with E-state index in [9.17, 15) is 14.0 Å². The lowest BCUT2D eigenvalue weighted by atomic mass is 9.84. The minimum atomic E-state index is -1.00. The number of halogens is 2. The summed E-state index contributed by atoms with van der Waals surface area (Å²) in [5.74, 6) is -1.28. The van der Waals surface area contributed by atoms with Crippen LogP contribution in [-0.2, 0) is 16.8 Å². The van der Waals surface area contributed by atoms with Gasteiger partial charge in [-0.15, -0.1) is 0 Å². The summed E-state index contributed by atoms with van der Waals surface area (Å²) in [4.78, 5) is 28.0. The fourth-order valence-electron chi connectivity index (χ4n) is 5.43. The Bertz CT molecular complexity index is 1370. The number of ether oxygens (including phenoxy) is 3. The maximum atomic E-state index is 15.2. The van der Waals surface area contributed by atoms with E-state index in [2.05, 4.69) is 0 Å². The average molecular weight is 588 g/mol. The summed E-state index contributed by atoms with van der Waals surface area (Å²) in [6, 6.07) is 5.11. The quantitative estimate of drug-likeness (QED) is 0.253. The van der Waals surface area contributed by atoms with Crippen LogP contribution in [0.3, 0.4) is 0 Å². The largest absolute Gasteiger partial charge is 0.493 e. The number of aliphatic carboxylic acids is 1. The number of fused-ring (bicyclic) bond motifs is 1. The van der Waals surface area contributed by atoms with Crippen LogP contribution in [0.15, 0.2) is 18.2 Å². The second-order valence-electron chi connectivity index (χ2n) is 11.7. The maximum Gasteiger partial charge on any atom is 0.303 e. The normalized spacial score (nSPS) is 16.5. The molecule has 228 valence electrons. The second-order valence-corrected chi connectivity index (χ2v) is 11.7. The highest BCUT2D eigenvalue weighted by molar-refractivity contribution is 6.06. The minimum absolute atomic E-state index is 0.0459. The van der Waals surface area contributed by atoms with Gasteiger partial charge in [0.05, 0.1) is 38.6 Å². The van der Waals surface area contributed by atoms with E-state index < -0.39 is 23.4 Å². The number of alkyl halides is 1. The van der Waals surface area contributed by atoms with Crippen LogP contribution in [-0.4, -0.2) is 74.2 Å². The van der Waals surface area contributed by atoms with Crippen LogP contribution >= 0.6 is 0 Å². The number of hydrogen-bond donors (Lipinski definition) is 2. The van der Waals surface area contributed by atoms with Gasteiger partial charge in [0.2, 0.25) is 0 Å². The van der Waals surface area contributed by atoms with E-state index in [1.165, 1.54) is 19.1 Å². The molecular weight excluding hydrogens is 548 g/mol. The Hall–Kier alpha value is -3.89. The highest BCUT2D eigenvalue weighted by Gasteiger charge is 2.34. The third-order valence-electron chi connectivity index (χ3n) is 7.64. The van der Waals surface area contributed by atoms with E-state index in [0.29, 0.717) is 48.4 Å². The lowest BCUT2D eigenvalue weighted by molar-refractivity contribution is -0.137. The summed E-state index contributed by atoms with van der Waals surface area (Å²) < 4.78 is 46.2. The third kappa shape index (κ3) is 6.44. The third-order valence-corrected chi connectivity index (χ3v) is 7.64. The zero-order valence-corrected chi connectivity index (χ0v) is 24.8. The van der Waals surface area contributed by atoms with Crippen LogP contribution in [0.2, 0.25) is 0 Å². The van der Waals surface area contributed by atoms with Gasteiger partial charge in [-0.1, -0.05) is 20.8 Å². The van der Waals surface area contributed by atoms with Gasteiger partial charge in [0, 0.05) is 37.2 Å². The fraction of sp³-hybridized carbons (Fsp3) is 0.516. The predicted molar refractivity (Wildman–Crippen MR) is 155 cm³/mol. The highest BCUT2D eigenvalue weighted by Crippen LogP contribution is 2.42. The molecule has 4 rings (SSSR count). The zero-order chi connectivity index (χ0) is 30.8. The Morgan fingerprint density at radius 1 is 1.12 bits per heavy atom. The molecule has 1 unspecified atom stereocenters. The molecule has 0 aliphatic carbocycles. The van der Waals surface area contributed by atoms with E-state index >= 15 is 4.39 Å². The first kappa shape index (κ1) is 31.1. The molecule has 2 heterocycles. The zero-order valence-electron chi connectivity index (χ0n) is 24.8. The van der Waals surface area contributed by atoms with Crippen LogP contribution in [0.1, 0.15) is 73.5 Å². The molecule has 0 radical (unpaired) electrons. The summed E-state index contributed by atoms with van der Waals surface area (Å²) in [5, 5.41) is 17.6. The number of Topliss-reactive ketones (excluding diaryl/α,β-unsaturated/α-hetero) is 1. The molecule has 2 N–H and O–H groups in total. The number of carbonyl (C=O) groups excluding carboxylic acids is 1. The van der Waals surface area contributed by atoms with Gasteiger partial charge in [-0.05, 0) is 48.4 Å². The SMILES string of the molecule is COc1cc2c(c(F)c1OC)C(=N)N(CC(=O)c1cc(N3CCC(F)C3)c(OCCCCC(=O)O)c(C(C)(C)C)c1)C2. The second kappa shape index (κ2) is 12.5. The van der Waals surface area contributed by atoms with Crippen LogP contribution in [0, 0.1) is 11.2 Å². The van der Waals surface area contributed by atoms with Crippen molar-refractivity contribution in [2.45, 2.75) is 64.6 Å². The van der Waals surface area contributed by atoms with Crippen LogP contribution in [0.5, 0.6) is 17.2 Å². The average Bonchev–Trinajstić information content (AvgIpc) is 3.49. The van der Waals surface area contributed by atoms with Crippen molar-refractivity contribution >= 4 is 23.3 Å². The van der Waals surface area contributed by atoms with Crippen molar-refractivity contribution in [1.82, 2.24) is 4.90 Å². The molecule has 1 atom stereocenters. The van der Waals surface area contributed by atoms with Crippen molar-refractivity contribution in [2.24, 2.45) is 0 Å². The van der Waals surface area contributed by atoms with Crippen LogP contribution in [0.4, 0.5) is 14.5 Å². The van der Waals surface area contributed by atoms with Gasteiger partial charge in [-0.25, -0.2) is 8.78 Å². The number of amidine groups is 1. The standard InChI is InChI=1S/C31H39F2N3O6/c1-31(2,3)21-12-18(13-22(35-10-9-20(32)16-35)28(21)42-11-7-6-8-25(38)39)23(37)17-36-15-19-14-24(40-4)29(41-5)27(33)26(19)30(36)34/h12-14,20,34H,6-11,15-17H2,1-5H3,(H,38,39). The molecule has 2 aliphatic heterocycles. The van der Waals surface area contributed by atoms with E-state index in [4.69, 9.17) is 24.7 Å². The number of carboxylic acid groups (broad SMARTS) is 1. The van der Waals surface area contributed by atoms with Crippen molar-refractivity contribution in [3.05, 3.63) is 46.3 Å². The molecule has 1 fully saturated rings. The number of carbonyl (C=O) groups is 2. The first-order valence-electron chi connectivity index (χ1n) is 14.1. The Morgan fingerprint density at radius 3 is 2.45 bits per heavy atom. The lowest BCUT2D eigenvalue weighted by Crippen LogP contribution is -2.31. The summed E-state index contributed by atoms with van der Waals surface area (Å²) in [5.41, 5.74) is 1.93. The Morgan fingerprint density at radius 2 is 1.86 bits per heavy atom. The van der Waals surface area contributed by atoms with E-state index in [1.54, 1.807) is 18.2 Å². The van der Waals surface area contributed by atoms with Gasteiger partial charge in [0.25, 0.3) is 0 Å². The van der Waals surface area contributed by atoms with E-state index in [0.717, 1.165) is 5.56 Å². The molecule has 2 aliphatic rings. The molecular formula is C31H39F2N3O6. The molecule has 2 aromatic rings. The first-order chi connectivity index (χ1) is 19.8. The van der Waals surface area contributed by atoms with Crippen LogP contribution in [0.25, 0.3) is 0 Å². The van der Waals surface area contributed by atoms with Gasteiger partial charge >= 0.3 is 5.97 Å². The Kier molecular flexibility index (Phi) is 9.27. The summed E-state index contributed by atoms with van der Waals surface area (Å²) in [6.45, 7) is 6.90. The van der Waals surface area contributed by atoms with E-state index in [1.807, 2.05) is 25.7 Å². The van der Waals surface area contributed by atoms with Crippen molar-refractivity contribution in [1.29, 1.82) is 5.41 Å². The molecule has 9 nitrogen and oxygen atoms in total. The Labute approximate surface area is 244 Å². The summed E-state index contributed by atoms with van der Waals surface area (Å²) in [6.07, 6.45) is 0.405. The van der Waals surface area contributed by atoms with Crippen molar-refractivity contribution in [3.8, 4) is 17.2 Å². The van der Waals surface area contributed by atoms with Gasteiger partial charge in [0.1, 0.15) is 17.8 Å². The van der Waals surface area contributed by atoms with Crippen molar-refractivity contribution < 1.29 is 37.7 Å². The molecule has 11 heteroatoms. The number of anilines is 1. The Balaban J connectivity index is 1.65. The van der Waals surface area contributed by atoms with Crippen molar-refractivity contribution in [2.75, 3.05) is 45.4 Å². The van der Waals surface area contributed by atoms with Gasteiger partial charge in [-0.3, -0.25) is 15.0 Å². The maximum absolute atomic E-state index is 15.2. The molecule has 42 heavy (non-hydrogen) atoms. The number of rotatable bonds is 12. The predicted octanol–water partition coefficient (Wildman–Crippen LogP) is 5.35. The first-order valence-corrected chi connectivity index (χ1v) is 14.1. The molecule has 0 bridgehead atoms. The van der Waals surface area contributed by atoms with Crippen LogP contribution < -0.4 is 19.1 Å². The van der Waals surface area contributed by atoms with Gasteiger partial charge in [-0.2, -0.15) is 0 Å². The topological polar surface area (TPSA) is 112 Å². The number of unbranched alkanes of at least 4 members (excludes halogenated alkanes) is 1. The number of hydrogen-bond acceptors (Lipinski definition) is 7. The number of nitrogens with zero attached hydrogens (tertiary/aromatic N) is 2. The number of carboxylic acids is 1.